The van der Waals surface area contributed by atoms with Crippen LogP contribution in [0.3, 0.4) is 0 Å². The van der Waals surface area contributed by atoms with Gasteiger partial charge in [-0.2, -0.15) is 0 Å². The van der Waals surface area contributed by atoms with Gasteiger partial charge in [0.1, 0.15) is 11.6 Å². The van der Waals surface area contributed by atoms with E-state index in [9.17, 15) is 33.1 Å². The van der Waals surface area contributed by atoms with Crippen molar-refractivity contribution in [1.29, 1.82) is 0 Å². The van der Waals surface area contributed by atoms with Crippen LogP contribution in [0.5, 0.6) is 0 Å². The first-order valence-electron chi connectivity index (χ1n) is 11.2. The van der Waals surface area contributed by atoms with Crippen molar-refractivity contribution in [1.82, 2.24) is 15.1 Å². The molecule has 2 N–H and O–H groups in total. The Hall–Kier alpha value is -2.46. The van der Waals surface area contributed by atoms with E-state index in [0.29, 0.717) is 25.7 Å². The molecule has 0 spiro atoms. The highest BCUT2D eigenvalue weighted by atomic mass is 19.3. The molecule has 0 aromatic rings. The first-order chi connectivity index (χ1) is 15.1. The highest BCUT2D eigenvalue weighted by molar-refractivity contribution is 5.92. The molecule has 2 fully saturated rings. The number of alkyl carbamates (subject to hydrolysis) is 1. The average Bonchev–Trinajstić information content (AvgIpc) is 3.05. The minimum atomic E-state index is -3.03. The number of halogens is 2. The third-order valence-corrected chi connectivity index (χ3v) is 6.13. The zero-order valence-corrected chi connectivity index (χ0v) is 19.9. The Morgan fingerprint density at radius 1 is 1.12 bits per heavy atom. The lowest BCUT2D eigenvalue weighted by atomic mass is 9.72. The molecule has 2 aliphatic rings. The molecular formula is C22H35F2N3O6. The second-order valence-corrected chi connectivity index (χ2v) is 10.2. The van der Waals surface area contributed by atoms with Gasteiger partial charge in [0.05, 0.1) is 18.4 Å². The molecule has 0 bridgehead atoms. The number of amides is 3. The second kappa shape index (κ2) is 10.2. The van der Waals surface area contributed by atoms with Gasteiger partial charge in [0.2, 0.25) is 11.8 Å². The molecule has 1 aliphatic heterocycles. The fraction of sp³-hybridized carbons (Fsp3) is 0.818. The Morgan fingerprint density at radius 3 is 2.12 bits per heavy atom. The van der Waals surface area contributed by atoms with Crippen molar-refractivity contribution in [3.8, 4) is 0 Å². The van der Waals surface area contributed by atoms with Gasteiger partial charge in [0.25, 0.3) is 5.92 Å². The molecule has 0 aromatic heterocycles. The molecule has 1 unspecified atom stereocenters. The summed E-state index contributed by atoms with van der Waals surface area (Å²) in [5, 5.41) is 11.8. The molecule has 1 saturated carbocycles. The van der Waals surface area contributed by atoms with Crippen LogP contribution in [-0.2, 0) is 19.1 Å². The maximum Gasteiger partial charge on any atom is 0.408 e. The lowest BCUT2D eigenvalue weighted by molar-refractivity contribution is -0.147. The average molecular weight is 476 g/mol. The predicted octanol–water partition coefficient (Wildman–Crippen LogP) is 2.34. The predicted molar refractivity (Wildman–Crippen MR) is 115 cm³/mol. The summed E-state index contributed by atoms with van der Waals surface area (Å²) < 4.78 is 32.9. The minimum Gasteiger partial charge on any atom is -0.481 e. The molecule has 1 aliphatic carbocycles. The Bertz CT molecular complexity index is 760. The van der Waals surface area contributed by atoms with Gasteiger partial charge in [-0.1, -0.05) is 0 Å². The number of carboxylic acids is 1. The van der Waals surface area contributed by atoms with Gasteiger partial charge in [-0.25, -0.2) is 13.6 Å². The summed E-state index contributed by atoms with van der Waals surface area (Å²) in [5.41, 5.74) is -0.876. The van der Waals surface area contributed by atoms with Crippen LogP contribution in [0.25, 0.3) is 0 Å². The van der Waals surface area contributed by atoms with Crippen LogP contribution < -0.4 is 5.32 Å². The summed E-state index contributed by atoms with van der Waals surface area (Å²) in [7, 11) is 3.02. The van der Waals surface area contributed by atoms with Crippen molar-refractivity contribution < 1.29 is 37.8 Å². The number of likely N-dealkylation sites (tertiary alicyclic amines) is 1. The fourth-order valence-corrected chi connectivity index (χ4v) is 4.50. The van der Waals surface area contributed by atoms with Crippen LogP contribution in [0.2, 0.25) is 0 Å². The zero-order chi connectivity index (χ0) is 25.1. The molecule has 0 radical (unpaired) electrons. The molecule has 2 rings (SSSR count). The van der Waals surface area contributed by atoms with Crippen molar-refractivity contribution in [2.24, 2.45) is 17.8 Å². The van der Waals surface area contributed by atoms with E-state index >= 15 is 0 Å². The summed E-state index contributed by atoms with van der Waals surface area (Å²) >= 11 is 0. The number of hydrogen-bond donors (Lipinski definition) is 2. The Labute approximate surface area is 192 Å². The molecule has 2 atom stereocenters. The van der Waals surface area contributed by atoms with E-state index in [0.717, 1.165) is 4.90 Å². The summed E-state index contributed by atoms with van der Waals surface area (Å²) in [6.45, 7) is 3.94. The van der Waals surface area contributed by atoms with Crippen LogP contribution >= 0.6 is 0 Å². The molecule has 188 valence electrons. The van der Waals surface area contributed by atoms with Gasteiger partial charge < -0.3 is 25.0 Å². The summed E-state index contributed by atoms with van der Waals surface area (Å²) in [6.07, 6.45) is -0.0523. The molecule has 1 heterocycles. The number of ether oxygens (including phenoxy) is 1. The summed E-state index contributed by atoms with van der Waals surface area (Å²) in [4.78, 5) is 52.8. The van der Waals surface area contributed by atoms with Gasteiger partial charge in [-0.15, -0.1) is 0 Å². The van der Waals surface area contributed by atoms with Gasteiger partial charge in [-0.3, -0.25) is 14.4 Å². The molecule has 9 nitrogen and oxygen atoms in total. The van der Waals surface area contributed by atoms with E-state index in [2.05, 4.69) is 5.32 Å². The lowest BCUT2D eigenvalue weighted by Crippen LogP contribution is -2.58. The third kappa shape index (κ3) is 7.26. The van der Waals surface area contributed by atoms with E-state index in [4.69, 9.17) is 4.74 Å². The topological polar surface area (TPSA) is 116 Å². The Balaban J connectivity index is 2.37. The normalized spacial score (nSPS) is 24.5. The number of carbonyl (C=O) groups excluding carboxylic acids is 3. The van der Waals surface area contributed by atoms with Gasteiger partial charge in [0.15, 0.2) is 0 Å². The van der Waals surface area contributed by atoms with Crippen molar-refractivity contribution in [2.45, 2.75) is 70.4 Å². The standard InChI is InChI=1S/C22H35F2N3O6/c1-21(2,3)33-20(32)25-16(18(29)27-11-10-22(23,24)12-27)15(17(28)26(4)5)13-6-8-14(9-7-13)19(30)31/h13-16H,6-12H2,1-5H3,(H,25,32)(H,30,31)/t13?,14?,15-,16?/m0/s1. The Kier molecular flexibility index (Phi) is 8.29. The number of alkyl halides is 2. The highest BCUT2D eigenvalue weighted by Gasteiger charge is 2.48. The van der Waals surface area contributed by atoms with Crippen LogP contribution in [0.1, 0.15) is 52.9 Å². The second-order valence-electron chi connectivity index (χ2n) is 10.2. The number of aliphatic carboxylic acids is 1. The lowest BCUT2D eigenvalue weighted by Gasteiger charge is -2.38. The number of hydrogen-bond acceptors (Lipinski definition) is 5. The van der Waals surface area contributed by atoms with E-state index in [1.165, 1.54) is 19.0 Å². The van der Waals surface area contributed by atoms with Crippen molar-refractivity contribution in [3.05, 3.63) is 0 Å². The number of carbonyl (C=O) groups is 4. The van der Waals surface area contributed by atoms with Crippen LogP contribution in [-0.4, -0.2) is 83.5 Å². The third-order valence-electron chi connectivity index (χ3n) is 6.13. The first kappa shape index (κ1) is 26.8. The Morgan fingerprint density at radius 2 is 1.70 bits per heavy atom. The summed E-state index contributed by atoms with van der Waals surface area (Å²) in [6, 6.07) is -1.41. The van der Waals surface area contributed by atoms with Gasteiger partial charge in [0, 0.05) is 27.1 Å². The van der Waals surface area contributed by atoms with E-state index in [1.54, 1.807) is 20.8 Å². The number of nitrogens with one attached hydrogen (secondary N) is 1. The first-order valence-corrected chi connectivity index (χ1v) is 11.2. The maximum absolute atomic E-state index is 13.8. The molecule has 1 saturated heterocycles. The van der Waals surface area contributed by atoms with E-state index in [1.807, 2.05) is 0 Å². The van der Waals surface area contributed by atoms with Crippen LogP contribution in [0, 0.1) is 17.8 Å². The van der Waals surface area contributed by atoms with E-state index in [-0.39, 0.29) is 6.54 Å². The van der Waals surface area contributed by atoms with Crippen LogP contribution in [0.4, 0.5) is 13.6 Å². The number of nitrogens with zero attached hydrogens (tertiary/aromatic N) is 2. The fourth-order valence-electron chi connectivity index (χ4n) is 4.50. The van der Waals surface area contributed by atoms with Gasteiger partial charge in [-0.05, 0) is 52.4 Å². The van der Waals surface area contributed by atoms with Crippen LogP contribution in [0.15, 0.2) is 0 Å². The zero-order valence-electron chi connectivity index (χ0n) is 19.9. The maximum atomic E-state index is 13.8. The van der Waals surface area contributed by atoms with Crippen molar-refractivity contribution in [2.75, 3.05) is 27.2 Å². The van der Waals surface area contributed by atoms with Crippen molar-refractivity contribution >= 4 is 23.9 Å². The highest BCUT2D eigenvalue weighted by Crippen LogP contribution is 2.37. The number of carboxylic acid groups (broad SMARTS) is 1. The molecule has 11 heteroatoms. The summed E-state index contributed by atoms with van der Waals surface area (Å²) in [5.74, 6) is -7.13. The van der Waals surface area contributed by atoms with Gasteiger partial charge >= 0.3 is 12.1 Å². The van der Waals surface area contributed by atoms with Crippen molar-refractivity contribution in [3.63, 3.8) is 0 Å². The molecular weight excluding hydrogens is 440 g/mol. The molecule has 3 amide bonds. The minimum absolute atomic E-state index is 0.188. The molecule has 0 aromatic carbocycles. The quantitative estimate of drug-likeness (QED) is 0.609. The SMILES string of the molecule is CN(C)C(=O)[C@@H](C1CCC(C(=O)O)CC1)C(NC(=O)OC(C)(C)C)C(=O)N1CCC(F)(F)C1. The van der Waals surface area contributed by atoms with E-state index < -0.39 is 72.2 Å². The molecule has 33 heavy (non-hydrogen) atoms. The monoisotopic (exact) mass is 475 g/mol. The smallest absolute Gasteiger partial charge is 0.408 e. The largest absolute Gasteiger partial charge is 0.481 e. The number of rotatable bonds is 6.